The molecule has 0 bridgehead atoms. The zero-order valence-corrected chi connectivity index (χ0v) is 19.7. The molecule has 0 saturated carbocycles. The normalized spacial score (nSPS) is 30.4. The molecule has 4 rings (SSSR count). The average Bonchev–Trinajstić information content (AvgIpc) is 3.02. The lowest BCUT2D eigenvalue weighted by Crippen LogP contribution is -2.77. The van der Waals surface area contributed by atoms with Gasteiger partial charge in [0.2, 0.25) is 5.91 Å². The lowest BCUT2D eigenvalue weighted by atomic mass is 9.88. The number of nitrogens with zero attached hydrogens (tertiary/aromatic N) is 2. The van der Waals surface area contributed by atoms with Gasteiger partial charge in [0.1, 0.15) is 22.3 Å². The van der Waals surface area contributed by atoms with Crippen molar-refractivity contribution in [2.75, 3.05) is 26.3 Å². The van der Waals surface area contributed by atoms with Gasteiger partial charge in [0, 0.05) is 17.8 Å². The van der Waals surface area contributed by atoms with Crippen LogP contribution in [0.5, 0.6) is 0 Å². The molecule has 1 N–H and O–H groups in total. The summed E-state index contributed by atoms with van der Waals surface area (Å²) in [5.74, 6) is -1.36. The molecule has 10 heteroatoms. The van der Waals surface area contributed by atoms with Crippen molar-refractivity contribution in [2.45, 2.75) is 47.0 Å². The molecule has 2 unspecified atom stereocenters. The number of hydrogen-bond acceptors (Lipinski definition) is 7. The van der Waals surface area contributed by atoms with E-state index in [1.165, 1.54) is 21.6 Å². The van der Waals surface area contributed by atoms with Crippen molar-refractivity contribution in [1.29, 1.82) is 0 Å². The van der Waals surface area contributed by atoms with Crippen LogP contribution in [0, 0.1) is 0 Å². The van der Waals surface area contributed by atoms with Crippen LogP contribution in [0.15, 0.2) is 30.3 Å². The molecule has 4 atom stereocenters. The first-order valence-corrected chi connectivity index (χ1v) is 11.9. The van der Waals surface area contributed by atoms with Gasteiger partial charge in [-0.15, -0.1) is 11.8 Å². The Hall–Kier alpha value is -1.62. The van der Waals surface area contributed by atoms with Gasteiger partial charge in [-0.1, -0.05) is 46.3 Å². The number of ether oxygens (including phenoxy) is 2. The molecule has 168 valence electrons. The van der Waals surface area contributed by atoms with E-state index in [-0.39, 0.29) is 12.5 Å². The lowest BCUT2D eigenvalue weighted by molar-refractivity contribution is -0.176. The van der Waals surface area contributed by atoms with Crippen molar-refractivity contribution in [1.82, 2.24) is 9.80 Å². The Labute approximate surface area is 193 Å². The first-order valence-electron chi connectivity index (χ1n) is 10.1. The second-order valence-corrected chi connectivity index (χ2v) is 11.2. The van der Waals surface area contributed by atoms with Crippen LogP contribution in [-0.2, 0) is 30.5 Å². The van der Waals surface area contributed by atoms with Crippen LogP contribution in [-0.4, -0.2) is 85.6 Å². The third kappa shape index (κ3) is 3.67. The fraction of sp³-hybridized carbons (Fsp3) is 0.571. The number of morpholine rings is 1. The highest BCUT2D eigenvalue weighted by Gasteiger charge is 2.76. The van der Waals surface area contributed by atoms with Gasteiger partial charge in [-0.05, 0) is 19.4 Å². The monoisotopic (exact) mass is 512 g/mol. The molecule has 1 aromatic carbocycles. The molecule has 8 nitrogen and oxygen atoms in total. The number of β-lactam (4-membered cyclic amide) rings is 1. The number of carbonyl (C=O) groups excluding carboxylic acids is 3. The fourth-order valence-electron chi connectivity index (χ4n) is 4.40. The maximum atomic E-state index is 13.1. The highest BCUT2D eigenvalue weighted by molar-refractivity contribution is 9.10. The zero-order chi connectivity index (χ0) is 22.4. The van der Waals surface area contributed by atoms with Crippen molar-refractivity contribution in [2.24, 2.45) is 0 Å². The number of hydrogen-bond donors (Lipinski definition) is 1. The maximum Gasteiger partial charge on any atom is 0.330 e. The Morgan fingerprint density at radius 3 is 2.58 bits per heavy atom. The number of fused-ring (bicyclic) bond motifs is 1. The highest BCUT2D eigenvalue weighted by Crippen LogP contribution is 2.62. The van der Waals surface area contributed by atoms with Crippen molar-refractivity contribution in [3.05, 3.63) is 35.9 Å². The summed E-state index contributed by atoms with van der Waals surface area (Å²) in [6, 6.07) is 8.35. The van der Waals surface area contributed by atoms with Crippen LogP contribution >= 0.6 is 27.7 Å². The Morgan fingerprint density at radius 1 is 1.29 bits per heavy atom. The van der Waals surface area contributed by atoms with E-state index in [2.05, 4.69) is 15.9 Å². The number of amides is 2. The van der Waals surface area contributed by atoms with Crippen molar-refractivity contribution >= 4 is 45.5 Å². The summed E-state index contributed by atoms with van der Waals surface area (Å²) in [6.07, 6.45) is -1.48. The van der Waals surface area contributed by atoms with Crippen LogP contribution in [0.3, 0.4) is 0 Å². The van der Waals surface area contributed by atoms with Crippen LogP contribution in [0.4, 0.5) is 0 Å². The Morgan fingerprint density at radius 2 is 1.94 bits per heavy atom. The summed E-state index contributed by atoms with van der Waals surface area (Å²) in [6.45, 7) is 5.29. The molecule has 3 aliphatic heterocycles. The maximum absolute atomic E-state index is 13.1. The molecule has 3 saturated heterocycles. The molecule has 31 heavy (non-hydrogen) atoms. The summed E-state index contributed by atoms with van der Waals surface area (Å²) in [7, 11) is 0. The topological polar surface area (TPSA) is 96.4 Å². The minimum Gasteiger partial charge on any atom is -0.459 e. The smallest absolute Gasteiger partial charge is 0.330 e. The minimum absolute atomic E-state index is 0.0823. The van der Waals surface area contributed by atoms with Gasteiger partial charge in [-0.2, -0.15) is 0 Å². The Bertz CT molecular complexity index is 878. The number of thioether (sulfide) groups is 1. The van der Waals surface area contributed by atoms with Gasteiger partial charge >= 0.3 is 5.97 Å². The molecule has 0 aromatic heterocycles. The van der Waals surface area contributed by atoms with Gasteiger partial charge in [0.25, 0.3) is 5.91 Å². The highest BCUT2D eigenvalue weighted by atomic mass is 79.9. The molecule has 3 fully saturated rings. The SMILES string of the molecule is CC1(C)S[C@]2(C(O)C(=O)N3CCOCC3)C(Br)C(=O)N2[C@H]1C(=O)OCc1ccccc1. The Kier molecular flexibility index (Phi) is 6.10. The standard InChI is InChI=1S/C21H25BrN2O6S/c1-20(2)15(19(28)30-12-13-6-4-3-5-7-13)24-17(26)14(22)21(24,31-20)16(25)18(27)23-8-10-29-11-9-23/h3-7,14-16,25H,8-12H2,1-2H3/t14?,15-,16?,21-/m0/s1. The lowest BCUT2D eigenvalue weighted by Gasteiger charge is -2.53. The summed E-state index contributed by atoms with van der Waals surface area (Å²) in [5, 5.41) is 11.1. The number of carbonyl (C=O) groups is 3. The number of aliphatic hydroxyl groups is 1. The van der Waals surface area contributed by atoms with E-state index >= 15 is 0 Å². The zero-order valence-electron chi connectivity index (χ0n) is 17.3. The van der Waals surface area contributed by atoms with Crippen molar-refractivity contribution < 1.29 is 29.0 Å². The second-order valence-electron chi connectivity index (χ2n) is 8.36. The molecule has 0 radical (unpaired) electrons. The van der Waals surface area contributed by atoms with Gasteiger partial charge < -0.3 is 24.4 Å². The van der Waals surface area contributed by atoms with Crippen LogP contribution in [0.1, 0.15) is 19.4 Å². The number of benzene rings is 1. The predicted octanol–water partition coefficient (Wildman–Crippen LogP) is 1.15. The van der Waals surface area contributed by atoms with Gasteiger partial charge in [-0.3, -0.25) is 9.59 Å². The third-order valence-electron chi connectivity index (χ3n) is 5.93. The Balaban J connectivity index is 1.57. The second kappa shape index (κ2) is 8.38. The number of esters is 1. The number of alkyl halides is 1. The summed E-state index contributed by atoms with van der Waals surface area (Å²) in [4.78, 5) is 39.8. The van der Waals surface area contributed by atoms with E-state index in [1.54, 1.807) is 0 Å². The summed E-state index contributed by atoms with van der Waals surface area (Å²) >= 11 is 4.63. The van der Waals surface area contributed by atoms with Gasteiger partial charge in [0.05, 0.1) is 13.2 Å². The largest absolute Gasteiger partial charge is 0.459 e. The van der Waals surface area contributed by atoms with E-state index < -0.39 is 38.5 Å². The molecule has 0 aliphatic carbocycles. The predicted molar refractivity (Wildman–Crippen MR) is 117 cm³/mol. The fourth-order valence-corrected chi connectivity index (χ4v) is 7.24. The van der Waals surface area contributed by atoms with E-state index in [9.17, 15) is 19.5 Å². The summed E-state index contributed by atoms with van der Waals surface area (Å²) < 4.78 is 10.0. The van der Waals surface area contributed by atoms with Crippen molar-refractivity contribution in [3.63, 3.8) is 0 Å². The molecular formula is C21H25BrN2O6S. The van der Waals surface area contributed by atoms with Crippen molar-refractivity contribution in [3.8, 4) is 0 Å². The quantitative estimate of drug-likeness (QED) is 0.359. The van der Waals surface area contributed by atoms with Crippen LogP contribution in [0.2, 0.25) is 0 Å². The summed E-state index contributed by atoms with van der Waals surface area (Å²) in [5.41, 5.74) is 0.835. The van der Waals surface area contributed by atoms with Crippen LogP contribution < -0.4 is 0 Å². The average molecular weight is 513 g/mol. The van der Waals surface area contributed by atoms with Crippen LogP contribution in [0.25, 0.3) is 0 Å². The molecule has 3 aliphatic rings. The first kappa shape index (κ1) is 22.6. The van der Waals surface area contributed by atoms with E-state index in [0.717, 1.165) is 5.56 Å². The molecule has 1 aromatic rings. The van der Waals surface area contributed by atoms with Gasteiger partial charge in [0.15, 0.2) is 6.10 Å². The number of rotatable bonds is 5. The molecule has 0 spiro atoms. The third-order valence-corrected chi connectivity index (χ3v) is 9.06. The minimum atomic E-state index is -1.48. The number of halogens is 1. The molecule has 2 amide bonds. The van der Waals surface area contributed by atoms with E-state index in [1.807, 2.05) is 44.2 Å². The van der Waals surface area contributed by atoms with E-state index in [0.29, 0.717) is 26.3 Å². The van der Waals surface area contributed by atoms with E-state index in [4.69, 9.17) is 9.47 Å². The molecule has 3 heterocycles. The van der Waals surface area contributed by atoms with Gasteiger partial charge in [-0.25, -0.2) is 4.79 Å². The number of aliphatic hydroxyl groups excluding tert-OH is 1. The molecular weight excluding hydrogens is 488 g/mol. The first-order chi connectivity index (χ1) is 14.7.